The summed E-state index contributed by atoms with van der Waals surface area (Å²) in [5, 5.41) is 14.8. The first kappa shape index (κ1) is 14.4. The van der Waals surface area contributed by atoms with Gasteiger partial charge in [-0.1, -0.05) is 38.5 Å². The van der Waals surface area contributed by atoms with Gasteiger partial charge in [0.15, 0.2) is 5.01 Å². The molecule has 19 heavy (non-hydrogen) atoms. The predicted molar refractivity (Wildman–Crippen MR) is 83.2 cm³/mol. The molecular weight excluding hydrogens is 276 g/mol. The van der Waals surface area contributed by atoms with Crippen molar-refractivity contribution in [1.82, 2.24) is 15.2 Å². The maximum Gasteiger partial charge on any atom is 0.206 e. The normalized spacial score (nSPS) is 11.2. The Morgan fingerprint density at radius 2 is 2.00 bits per heavy atom. The van der Waals surface area contributed by atoms with Gasteiger partial charge in [-0.05, 0) is 19.3 Å². The molecule has 2 heterocycles. The number of unbranched alkanes of at least 4 members (excludes halogenated alkanes) is 1. The first-order chi connectivity index (χ1) is 9.11. The minimum absolute atomic E-state index is 0.417. The topological polar surface area (TPSA) is 50.7 Å². The van der Waals surface area contributed by atoms with Crippen LogP contribution in [0.3, 0.4) is 0 Å². The number of anilines is 1. The molecule has 0 aliphatic carbocycles. The third-order valence-electron chi connectivity index (χ3n) is 2.73. The van der Waals surface area contributed by atoms with Crippen molar-refractivity contribution in [3.05, 3.63) is 10.7 Å². The number of nitrogens with zero attached hydrogens (tertiary/aromatic N) is 3. The summed E-state index contributed by atoms with van der Waals surface area (Å²) in [7, 11) is 0. The third-order valence-corrected chi connectivity index (χ3v) is 4.75. The van der Waals surface area contributed by atoms with Gasteiger partial charge < -0.3 is 5.32 Å². The molecule has 2 aromatic heterocycles. The smallest absolute Gasteiger partial charge is 0.206 e. The average molecular weight is 296 g/mol. The molecule has 2 rings (SSSR count). The Bertz CT molecular complexity index is 530. The van der Waals surface area contributed by atoms with Gasteiger partial charge in [0.05, 0.1) is 15.6 Å². The molecule has 2 aromatic rings. The quantitative estimate of drug-likeness (QED) is 0.807. The molecule has 0 aromatic carbocycles. The largest absolute Gasteiger partial charge is 0.360 e. The van der Waals surface area contributed by atoms with Crippen molar-refractivity contribution in [2.75, 3.05) is 11.9 Å². The molecule has 0 unspecified atom stereocenters. The Morgan fingerprint density at radius 3 is 2.68 bits per heavy atom. The van der Waals surface area contributed by atoms with Crippen molar-refractivity contribution in [2.45, 2.75) is 46.5 Å². The Balaban J connectivity index is 2.18. The molecule has 0 atom stereocenters. The molecule has 0 spiro atoms. The molecular formula is C13H20N4S2. The second kappa shape index (κ2) is 6.43. The van der Waals surface area contributed by atoms with Crippen LogP contribution in [0.25, 0.3) is 9.88 Å². The van der Waals surface area contributed by atoms with Gasteiger partial charge >= 0.3 is 0 Å². The maximum absolute atomic E-state index is 4.61. The number of nitrogens with one attached hydrogen (secondary N) is 1. The van der Waals surface area contributed by atoms with Crippen molar-refractivity contribution in [1.29, 1.82) is 0 Å². The van der Waals surface area contributed by atoms with E-state index >= 15 is 0 Å². The van der Waals surface area contributed by atoms with Gasteiger partial charge in [-0.2, -0.15) is 0 Å². The Hall–Kier alpha value is -1.01. The fourth-order valence-electron chi connectivity index (χ4n) is 1.75. The van der Waals surface area contributed by atoms with E-state index in [-0.39, 0.29) is 0 Å². The zero-order chi connectivity index (χ0) is 13.8. The van der Waals surface area contributed by atoms with Gasteiger partial charge in [-0.25, -0.2) is 4.98 Å². The molecule has 0 fully saturated rings. The Kier molecular flexibility index (Phi) is 4.87. The van der Waals surface area contributed by atoms with Gasteiger partial charge in [0.25, 0.3) is 0 Å². The molecule has 4 nitrogen and oxygen atoms in total. The molecule has 6 heteroatoms. The van der Waals surface area contributed by atoms with Crippen LogP contribution in [0.4, 0.5) is 5.13 Å². The number of thiazole rings is 1. The molecule has 0 aliphatic rings. The zero-order valence-electron chi connectivity index (χ0n) is 11.9. The minimum atomic E-state index is 0.417. The van der Waals surface area contributed by atoms with Crippen molar-refractivity contribution in [2.24, 2.45) is 0 Å². The molecule has 0 bridgehead atoms. The van der Waals surface area contributed by atoms with E-state index in [0.717, 1.165) is 33.8 Å². The van der Waals surface area contributed by atoms with E-state index in [1.807, 2.05) is 6.92 Å². The Morgan fingerprint density at radius 1 is 1.21 bits per heavy atom. The summed E-state index contributed by atoms with van der Waals surface area (Å²) in [6.07, 6.45) is 2.34. The van der Waals surface area contributed by atoms with E-state index in [4.69, 9.17) is 0 Å². The third kappa shape index (κ3) is 3.51. The highest BCUT2D eigenvalue weighted by molar-refractivity contribution is 7.23. The lowest BCUT2D eigenvalue weighted by Crippen LogP contribution is -1.99. The number of aromatic nitrogens is 3. The van der Waals surface area contributed by atoms with Gasteiger partial charge in [-0.15, -0.1) is 21.5 Å². The lowest BCUT2D eigenvalue weighted by molar-refractivity contribution is 0.829. The highest BCUT2D eigenvalue weighted by Gasteiger charge is 2.17. The summed E-state index contributed by atoms with van der Waals surface area (Å²) < 4.78 is 0. The summed E-state index contributed by atoms with van der Waals surface area (Å²) in [5.74, 6) is 0.417. The van der Waals surface area contributed by atoms with Crippen LogP contribution in [0, 0.1) is 6.92 Å². The Labute approximate surface area is 122 Å². The van der Waals surface area contributed by atoms with E-state index in [0.29, 0.717) is 5.92 Å². The fraction of sp³-hybridized carbons (Fsp3) is 0.615. The molecule has 0 radical (unpaired) electrons. The van der Waals surface area contributed by atoms with E-state index in [9.17, 15) is 0 Å². The maximum atomic E-state index is 4.61. The number of rotatable bonds is 6. The molecule has 0 aliphatic heterocycles. The second-order valence-corrected chi connectivity index (χ2v) is 6.98. The number of hydrogen-bond acceptors (Lipinski definition) is 6. The van der Waals surface area contributed by atoms with Crippen LogP contribution in [-0.4, -0.2) is 21.7 Å². The van der Waals surface area contributed by atoms with Crippen molar-refractivity contribution in [3.8, 4) is 9.88 Å². The monoisotopic (exact) mass is 296 g/mol. The first-order valence-electron chi connectivity index (χ1n) is 6.66. The SMILES string of the molecule is CCCCNc1nnc(-c2sc(C)nc2C(C)C)s1. The van der Waals surface area contributed by atoms with Gasteiger partial charge in [-0.3, -0.25) is 0 Å². The summed E-state index contributed by atoms with van der Waals surface area (Å²) in [6, 6.07) is 0. The van der Waals surface area contributed by atoms with Crippen LogP contribution < -0.4 is 5.32 Å². The minimum Gasteiger partial charge on any atom is -0.360 e. The van der Waals surface area contributed by atoms with E-state index in [2.05, 4.69) is 41.3 Å². The summed E-state index contributed by atoms with van der Waals surface area (Å²) in [6.45, 7) is 9.52. The lowest BCUT2D eigenvalue weighted by Gasteiger charge is -2.01. The van der Waals surface area contributed by atoms with Gasteiger partial charge in [0, 0.05) is 6.54 Å². The number of aryl methyl sites for hydroxylation is 1. The van der Waals surface area contributed by atoms with Crippen LogP contribution in [0.15, 0.2) is 0 Å². The molecule has 0 saturated heterocycles. The summed E-state index contributed by atoms with van der Waals surface area (Å²) in [5.41, 5.74) is 1.14. The summed E-state index contributed by atoms with van der Waals surface area (Å²) >= 11 is 3.32. The van der Waals surface area contributed by atoms with Crippen LogP contribution in [0.5, 0.6) is 0 Å². The highest BCUT2D eigenvalue weighted by Crippen LogP contribution is 2.36. The second-order valence-electron chi connectivity index (χ2n) is 4.79. The van der Waals surface area contributed by atoms with Crippen molar-refractivity contribution < 1.29 is 0 Å². The standard InChI is InChI=1S/C13H20N4S2/c1-5-6-7-14-13-17-16-12(19-13)11-10(8(2)3)15-9(4)18-11/h8H,5-7H2,1-4H3,(H,14,17). The molecule has 0 saturated carbocycles. The zero-order valence-corrected chi connectivity index (χ0v) is 13.5. The van der Waals surface area contributed by atoms with Crippen LogP contribution >= 0.6 is 22.7 Å². The molecule has 104 valence electrons. The van der Waals surface area contributed by atoms with E-state index in [1.54, 1.807) is 22.7 Å². The lowest BCUT2D eigenvalue weighted by atomic mass is 10.1. The van der Waals surface area contributed by atoms with Crippen LogP contribution in [-0.2, 0) is 0 Å². The molecule has 0 amide bonds. The first-order valence-corrected chi connectivity index (χ1v) is 8.30. The van der Waals surface area contributed by atoms with Crippen molar-refractivity contribution >= 4 is 27.8 Å². The van der Waals surface area contributed by atoms with Gasteiger partial charge in [0.1, 0.15) is 0 Å². The van der Waals surface area contributed by atoms with Crippen LogP contribution in [0.1, 0.15) is 50.2 Å². The molecule has 1 N–H and O–H groups in total. The highest BCUT2D eigenvalue weighted by atomic mass is 32.1. The van der Waals surface area contributed by atoms with Gasteiger partial charge in [0.2, 0.25) is 5.13 Å². The van der Waals surface area contributed by atoms with E-state index in [1.165, 1.54) is 11.3 Å². The predicted octanol–water partition coefficient (Wildman–Crippen LogP) is 4.31. The average Bonchev–Trinajstić information content (AvgIpc) is 2.96. The van der Waals surface area contributed by atoms with Crippen LogP contribution in [0.2, 0.25) is 0 Å². The number of hydrogen-bond donors (Lipinski definition) is 1. The van der Waals surface area contributed by atoms with Crippen molar-refractivity contribution in [3.63, 3.8) is 0 Å². The fourth-order valence-corrected chi connectivity index (χ4v) is 3.67. The van der Waals surface area contributed by atoms with E-state index < -0.39 is 0 Å². The summed E-state index contributed by atoms with van der Waals surface area (Å²) in [4.78, 5) is 5.78.